The van der Waals surface area contributed by atoms with E-state index in [0.717, 1.165) is 43.7 Å². The van der Waals surface area contributed by atoms with E-state index in [9.17, 15) is 0 Å². The Kier molecular flexibility index (Phi) is 4.21. The fourth-order valence-electron chi connectivity index (χ4n) is 3.33. The third-order valence-electron chi connectivity index (χ3n) is 4.70. The Bertz CT molecular complexity index is 703. The molecule has 1 N–H and O–H groups in total. The van der Waals surface area contributed by atoms with Crippen molar-refractivity contribution in [2.24, 2.45) is 0 Å². The standard InChI is InChI=1S/C18H22N4O2/c1-13(15-11-24-16-5-3-2-4-14(15)16)21-17-10-18(20-12-19-17)22-6-8-23-9-7-22/h2-5,10,12-13,15H,6-9,11H2,1H3,(H,19,20,21)/t13-,15-/m1/s1. The van der Waals surface area contributed by atoms with E-state index in [-0.39, 0.29) is 6.04 Å². The molecule has 0 amide bonds. The minimum absolute atomic E-state index is 0.223. The largest absolute Gasteiger partial charge is 0.493 e. The van der Waals surface area contributed by atoms with Gasteiger partial charge < -0.3 is 19.7 Å². The van der Waals surface area contributed by atoms with Gasteiger partial charge in [0.2, 0.25) is 0 Å². The molecule has 0 unspecified atom stereocenters. The number of morpholine rings is 1. The Morgan fingerprint density at radius 1 is 1.21 bits per heavy atom. The van der Waals surface area contributed by atoms with Crippen molar-refractivity contribution in [1.29, 1.82) is 0 Å². The van der Waals surface area contributed by atoms with Gasteiger partial charge in [-0.3, -0.25) is 0 Å². The van der Waals surface area contributed by atoms with Crippen LogP contribution in [0.2, 0.25) is 0 Å². The van der Waals surface area contributed by atoms with Gasteiger partial charge in [0.25, 0.3) is 0 Å². The van der Waals surface area contributed by atoms with Crippen LogP contribution < -0.4 is 15.0 Å². The maximum atomic E-state index is 5.79. The maximum Gasteiger partial charge on any atom is 0.134 e. The Morgan fingerprint density at radius 3 is 2.92 bits per heavy atom. The summed E-state index contributed by atoms with van der Waals surface area (Å²) >= 11 is 0. The Balaban J connectivity index is 1.47. The number of aromatic nitrogens is 2. The van der Waals surface area contributed by atoms with Gasteiger partial charge in [-0.2, -0.15) is 0 Å². The molecule has 0 bridgehead atoms. The second-order valence-corrected chi connectivity index (χ2v) is 6.25. The molecule has 2 aromatic rings. The second-order valence-electron chi connectivity index (χ2n) is 6.25. The minimum atomic E-state index is 0.223. The Morgan fingerprint density at radius 2 is 2.04 bits per heavy atom. The van der Waals surface area contributed by atoms with Gasteiger partial charge in [0, 0.05) is 36.7 Å². The molecule has 0 radical (unpaired) electrons. The molecule has 126 valence electrons. The van der Waals surface area contributed by atoms with Crippen molar-refractivity contribution in [1.82, 2.24) is 9.97 Å². The summed E-state index contributed by atoms with van der Waals surface area (Å²) in [5.41, 5.74) is 1.26. The molecule has 2 aliphatic heterocycles. The summed E-state index contributed by atoms with van der Waals surface area (Å²) in [7, 11) is 0. The number of para-hydroxylation sites is 1. The molecule has 6 heteroatoms. The third-order valence-corrected chi connectivity index (χ3v) is 4.70. The molecule has 0 saturated carbocycles. The zero-order chi connectivity index (χ0) is 16.4. The molecule has 3 heterocycles. The summed E-state index contributed by atoms with van der Waals surface area (Å²) in [6.07, 6.45) is 1.62. The van der Waals surface area contributed by atoms with Crippen LogP contribution in [0, 0.1) is 0 Å². The van der Waals surface area contributed by atoms with E-state index >= 15 is 0 Å². The minimum Gasteiger partial charge on any atom is -0.493 e. The molecule has 24 heavy (non-hydrogen) atoms. The molecule has 2 aliphatic rings. The van der Waals surface area contributed by atoms with Crippen LogP contribution in [0.15, 0.2) is 36.7 Å². The van der Waals surface area contributed by atoms with Crippen LogP contribution in [0.25, 0.3) is 0 Å². The van der Waals surface area contributed by atoms with Crippen molar-refractivity contribution in [3.05, 3.63) is 42.2 Å². The van der Waals surface area contributed by atoms with E-state index < -0.39 is 0 Å². The summed E-state index contributed by atoms with van der Waals surface area (Å²) in [6.45, 7) is 6.12. The van der Waals surface area contributed by atoms with Gasteiger partial charge in [-0.25, -0.2) is 9.97 Å². The summed E-state index contributed by atoms with van der Waals surface area (Å²) in [4.78, 5) is 11.0. The van der Waals surface area contributed by atoms with Crippen molar-refractivity contribution < 1.29 is 9.47 Å². The first-order valence-electron chi connectivity index (χ1n) is 8.44. The van der Waals surface area contributed by atoms with Gasteiger partial charge in [-0.05, 0) is 13.0 Å². The average Bonchev–Trinajstić information content (AvgIpc) is 3.07. The van der Waals surface area contributed by atoms with Crippen LogP contribution in [0.1, 0.15) is 18.4 Å². The van der Waals surface area contributed by atoms with Crippen LogP contribution in [0.3, 0.4) is 0 Å². The van der Waals surface area contributed by atoms with Crippen LogP contribution in [0.4, 0.5) is 11.6 Å². The highest BCUT2D eigenvalue weighted by Crippen LogP contribution is 2.36. The fourth-order valence-corrected chi connectivity index (χ4v) is 3.33. The van der Waals surface area contributed by atoms with Gasteiger partial charge >= 0.3 is 0 Å². The molecule has 6 nitrogen and oxygen atoms in total. The molecule has 0 aliphatic carbocycles. The molecular weight excluding hydrogens is 304 g/mol. The lowest BCUT2D eigenvalue weighted by Gasteiger charge is -2.28. The number of fused-ring (bicyclic) bond motifs is 1. The van der Waals surface area contributed by atoms with Crippen LogP contribution in [-0.2, 0) is 4.74 Å². The first kappa shape index (κ1) is 15.2. The molecule has 1 saturated heterocycles. The zero-order valence-electron chi connectivity index (χ0n) is 13.8. The lowest BCUT2D eigenvalue weighted by atomic mass is 9.94. The predicted molar refractivity (Wildman–Crippen MR) is 92.8 cm³/mol. The highest BCUT2D eigenvalue weighted by Gasteiger charge is 2.28. The highest BCUT2D eigenvalue weighted by molar-refractivity contribution is 5.50. The molecule has 4 rings (SSSR count). The van der Waals surface area contributed by atoms with Gasteiger partial charge in [0.15, 0.2) is 0 Å². The zero-order valence-corrected chi connectivity index (χ0v) is 13.8. The van der Waals surface area contributed by atoms with E-state index in [1.807, 2.05) is 18.2 Å². The third kappa shape index (κ3) is 3.01. The lowest BCUT2D eigenvalue weighted by Crippen LogP contribution is -2.36. The normalized spacial score (nSPS) is 21.0. The highest BCUT2D eigenvalue weighted by atomic mass is 16.5. The summed E-state index contributed by atoms with van der Waals surface area (Å²) in [5.74, 6) is 3.12. The van der Waals surface area contributed by atoms with Gasteiger partial charge in [-0.15, -0.1) is 0 Å². The van der Waals surface area contributed by atoms with Crippen LogP contribution >= 0.6 is 0 Å². The topological polar surface area (TPSA) is 59.5 Å². The number of nitrogens with zero attached hydrogens (tertiary/aromatic N) is 3. The average molecular weight is 326 g/mol. The number of ether oxygens (including phenoxy) is 2. The second kappa shape index (κ2) is 6.65. The number of nitrogens with one attached hydrogen (secondary N) is 1. The van der Waals surface area contributed by atoms with Crippen LogP contribution in [0.5, 0.6) is 5.75 Å². The van der Waals surface area contributed by atoms with E-state index in [2.05, 4.69) is 39.2 Å². The van der Waals surface area contributed by atoms with Crippen molar-refractivity contribution in [3.8, 4) is 5.75 Å². The first-order chi connectivity index (χ1) is 11.8. The van der Waals surface area contributed by atoms with E-state index in [4.69, 9.17) is 9.47 Å². The maximum absolute atomic E-state index is 5.79. The van der Waals surface area contributed by atoms with Gasteiger partial charge in [0.1, 0.15) is 23.7 Å². The van der Waals surface area contributed by atoms with Crippen molar-refractivity contribution in [2.45, 2.75) is 18.9 Å². The summed E-state index contributed by atoms with van der Waals surface area (Å²) < 4.78 is 11.2. The van der Waals surface area contributed by atoms with E-state index in [1.165, 1.54) is 5.56 Å². The Labute approximate surface area is 141 Å². The number of rotatable bonds is 4. The van der Waals surface area contributed by atoms with Crippen molar-refractivity contribution in [2.75, 3.05) is 43.1 Å². The molecule has 1 aromatic carbocycles. The lowest BCUT2D eigenvalue weighted by molar-refractivity contribution is 0.122. The smallest absolute Gasteiger partial charge is 0.134 e. The molecule has 1 fully saturated rings. The van der Waals surface area contributed by atoms with Gasteiger partial charge in [0.05, 0.1) is 19.8 Å². The molecule has 1 aromatic heterocycles. The summed E-state index contributed by atoms with van der Waals surface area (Å²) in [5, 5.41) is 3.52. The Hall–Kier alpha value is -2.34. The molecular formula is C18H22N4O2. The SMILES string of the molecule is C[C@@H](Nc1cc(N2CCOCC2)ncn1)[C@H]1COc2ccccc21. The first-order valence-corrected chi connectivity index (χ1v) is 8.44. The number of benzene rings is 1. The molecule has 2 atom stereocenters. The fraction of sp³-hybridized carbons (Fsp3) is 0.444. The summed E-state index contributed by atoms with van der Waals surface area (Å²) in [6, 6.07) is 10.5. The van der Waals surface area contributed by atoms with E-state index in [1.54, 1.807) is 6.33 Å². The number of hydrogen-bond acceptors (Lipinski definition) is 6. The monoisotopic (exact) mass is 326 g/mol. The van der Waals surface area contributed by atoms with E-state index in [0.29, 0.717) is 12.5 Å². The predicted octanol–water partition coefficient (Wildman–Crippen LogP) is 2.29. The number of hydrogen-bond donors (Lipinski definition) is 1. The quantitative estimate of drug-likeness (QED) is 0.930. The van der Waals surface area contributed by atoms with Crippen LogP contribution in [-0.4, -0.2) is 48.9 Å². The molecule has 0 spiro atoms. The number of anilines is 2. The van der Waals surface area contributed by atoms with Gasteiger partial charge in [-0.1, -0.05) is 18.2 Å². The van der Waals surface area contributed by atoms with Crippen molar-refractivity contribution in [3.63, 3.8) is 0 Å². The van der Waals surface area contributed by atoms with Crippen molar-refractivity contribution >= 4 is 11.6 Å².